The summed E-state index contributed by atoms with van der Waals surface area (Å²) in [5.41, 5.74) is 0.818. The molecule has 0 spiro atoms. The van der Waals surface area contributed by atoms with Gasteiger partial charge in [0.2, 0.25) is 5.88 Å². The van der Waals surface area contributed by atoms with Gasteiger partial charge in [-0.2, -0.15) is 4.39 Å². The van der Waals surface area contributed by atoms with Gasteiger partial charge in [0, 0.05) is 17.4 Å². The van der Waals surface area contributed by atoms with Crippen LogP contribution in [0.5, 0.6) is 0 Å². The standard InChI is InChI=1S/C29H44F2N2O/c1-2-3-4-6-11-20-26-24-32-29(30,27-21-12-9-13-22-27)33(31)28(26)34-23-16-8-5-7-10-17-25-18-14-15-19-25/h9,12-13,21-22,24-25H,2-8,10-11,14-20,23H2,1H3. The third-order valence-electron chi connectivity index (χ3n) is 7.27. The van der Waals surface area contributed by atoms with E-state index in [-0.39, 0.29) is 16.6 Å². The highest BCUT2D eigenvalue weighted by Gasteiger charge is 2.45. The number of aliphatic imine (C=N–C) groups is 1. The average Bonchev–Trinajstić information content (AvgIpc) is 3.38. The number of ether oxygens (including phenoxy) is 1. The van der Waals surface area contributed by atoms with Crippen LogP contribution in [0.15, 0.2) is 46.8 Å². The van der Waals surface area contributed by atoms with Crippen LogP contribution >= 0.6 is 0 Å². The van der Waals surface area contributed by atoms with Crippen LogP contribution in [-0.2, 0) is 10.7 Å². The summed E-state index contributed by atoms with van der Waals surface area (Å²) in [4.78, 5) is 3.99. The molecular formula is C29H44F2N2O. The molecule has 1 atom stereocenters. The van der Waals surface area contributed by atoms with E-state index in [4.69, 9.17) is 4.74 Å². The van der Waals surface area contributed by atoms with E-state index in [1.165, 1.54) is 70.4 Å². The van der Waals surface area contributed by atoms with Gasteiger partial charge < -0.3 is 4.74 Å². The summed E-state index contributed by atoms with van der Waals surface area (Å²) >= 11 is 0. The van der Waals surface area contributed by atoms with Crippen molar-refractivity contribution in [3.05, 3.63) is 47.4 Å². The minimum atomic E-state index is -2.58. The predicted octanol–water partition coefficient (Wildman–Crippen LogP) is 9.16. The molecule has 1 aromatic rings. The molecule has 1 unspecified atom stereocenters. The zero-order chi connectivity index (χ0) is 24.1. The van der Waals surface area contributed by atoms with E-state index in [9.17, 15) is 0 Å². The Labute approximate surface area is 205 Å². The van der Waals surface area contributed by atoms with E-state index in [1.807, 2.05) is 0 Å². The van der Waals surface area contributed by atoms with E-state index in [2.05, 4.69) is 11.9 Å². The zero-order valence-corrected chi connectivity index (χ0v) is 21.1. The second kappa shape index (κ2) is 14.5. The monoisotopic (exact) mass is 474 g/mol. The Morgan fingerprint density at radius 2 is 1.62 bits per heavy atom. The maximum Gasteiger partial charge on any atom is 0.333 e. The number of hydrogen-bond donors (Lipinski definition) is 0. The van der Waals surface area contributed by atoms with Gasteiger partial charge in [0.15, 0.2) is 0 Å². The summed E-state index contributed by atoms with van der Waals surface area (Å²) in [5.74, 6) is -1.62. The van der Waals surface area contributed by atoms with Crippen molar-refractivity contribution in [2.45, 2.75) is 116 Å². The Kier molecular flexibility index (Phi) is 11.4. The molecule has 1 aromatic carbocycles. The van der Waals surface area contributed by atoms with Crippen LogP contribution in [0.4, 0.5) is 8.87 Å². The summed E-state index contributed by atoms with van der Waals surface area (Å²) in [6.07, 6.45) is 20.4. The Morgan fingerprint density at radius 1 is 0.941 bits per heavy atom. The van der Waals surface area contributed by atoms with Gasteiger partial charge in [0.25, 0.3) is 0 Å². The lowest BCUT2D eigenvalue weighted by atomic mass is 9.99. The lowest BCUT2D eigenvalue weighted by molar-refractivity contribution is -0.170. The molecular weight excluding hydrogens is 430 g/mol. The number of hydrogen-bond acceptors (Lipinski definition) is 3. The van der Waals surface area contributed by atoms with Crippen LogP contribution in [0, 0.1) is 5.92 Å². The summed E-state index contributed by atoms with van der Waals surface area (Å²) in [6.45, 7) is 2.58. The molecule has 3 rings (SSSR count). The van der Waals surface area contributed by atoms with Crippen LogP contribution in [-0.4, -0.2) is 17.9 Å². The molecule has 0 radical (unpaired) electrons. The number of allylic oxidation sites excluding steroid dienone is 1. The smallest absolute Gasteiger partial charge is 0.333 e. The maximum atomic E-state index is 15.7. The number of unbranched alkanes of at least 4 members (excludes halogenated alkanes) is 8. The highest BCUT2D eigenvalue weighted by atomic mass is 19.2. The minimum Gasteiger partial charge on any atom is -0.477 e. The molecule has 1 saturated carbocycles. The summed E-state index contributed by atoms with van der Waals surface area (Å²) < 4.78 is 37.0. The lowest BCUT2D eigenvalue weighted by Gasteiger charge is -2.33. The molecule has 1 aliphatic heterocycles. The first-order chi connectivity index (χ1) is 16.6. The van der Waals surface area contributed by atoms with Crippen molar-refractivity contribution < 1.29 is 13.6 Å². The van der Waals surface area contributed by atoms with Crippen molar-refractivity contribution in [3.63, 3.8) is 0 Å². The summed E-state index contributed by atoms with van der Waals surface area (Å²) in [7, 11) is 0. The van der Waals surface area contributed by atoms with Gasteiger partial charge in [0.05, 0.1) is 6.61 Å². The van der Waals surface area contributed by atoms with Crippen molar-refractivity contribution in [1.82, 2.24) is 5.12 Å². The third kappa shape index (κ3) is 7.81. The molecule has 0 saturated heterocycles. The molecule has 0 N–H and O–H groups in total. The SMILES string of the molecule is CCCCCCCC1=C(OCCCCCCCC2CCCC2)N(F)C(F)(c2ccccc2)N=C1. The molecule has 5 heteroatoms. The quantitative estimate of drug-likeness (QED) is 0.135. The van der Waals surface area contributed by atoms with Crippen LogP contribution < -0.4 is 0 Å². The average molecular weight is 475 g/mol. The van der Waals surface area contributed by atoms with Crippen LogP contribution in [0.3, 0.4) is 0 Å². The van der Waals surface area contributed by atoms with Crippen molar-refractivity contribution in [2.24, 2.45) is 10.9 Å². The highest BCUT2D eigenvalue weighted by Crippen LogP contribution is 2.40. The highest BCUT2D eigenvalue weighted by molar-refractivity contribution is 5.80. The number of nitrogens with zero attached hydrogens (tertiary/aromatic N) is 2. The van der Waals surface area contributed by atoms with Gasteiger partial charge in [-0.1, -0.05) is 125 Å². The molecule has 190 valence electrons. The van der Waals surface area contributed by atoms with Gasteiger partial charge in [0.1, 0.15) is 0 Å². The second-order valence-corrected chi connectivity index (χ2v) is 10.0. The fourth-order valence-corrected chi connectivity index (χ4v) is 5.14. The molecule has 34 heavy (non-hydrogen) atoms. The second-order valence-electron chi connectivity index (χ2n) is 10.0. The van der Waals surface area contributed by atoms with Crippen LogP contribution in [0.25, 0.3) is 0 Å². The topological polar surface area (TPSA) is 24.8 Å². The number of alkyl halides is 1. The van der Waals surface area contributed by atoms with Crippen molar-refractivity contribution in [1.29, 1.82) is 0 Å². The Balaban J connectivity index is 1.49. The van der Waals surface area contributed by atoms with E-state index in [0.717, 1.165) is 38.0 Å². The molecule has 0 bridgehead atoms. The van der Waals surface area contributed by atoms with Gasteiger partial charge in [-0.25, -0.2) is 4.99 Å². The Morgan fingerprint density at radius 3 is 2.38 bits per heavy atom. The fourth-order valence-electron chi connectivity index (χ4n) is 5.14. The van der Waals surface area contributed by atoms with E-state index in [0.29, 0.717) is 18.6 Å². The normalized spacial score (nSPS) is 21.0. The molecule has 1 heterocycles. The number of benzene rings is 1. The molecule has 0 amide bonds. The molecule has 0 aromatic heterocycles. The van der Waals surface area contributed by atoms with Crippen LogP contribution in [0.2, 0.25) is 0 Å². The lowest BCUT2D eigenvalue weighted by Crippen LogP contribution is -2.39. The van der Waals surface area contributed by atoms with Gasteiger partial charge >= 0.3 is 5.92 Å². The molecule has 2 aliphatic rings. The van der Waals surface area contributed by atoms with E-state index in [1.54, 1.807) is 30.3 Å². The number of rotatable bonds is 16. The van der Waals surface area contributed by atoms with Gasteiger partial charge in [-0.05, 0) is 25.2 Å². The van der Waals surface area contributed by atoms with Crippen molar-refractivity contribution in [3.8, 4) is 0 Å². The molecule has 1 aliphatic carbocycles. The summed E-state index contributed by atoms with van der Waals surface area (Å²) in [6, 6.07) is 8.29. The van der Waals surface area contributed by atoms with Crippen molar-refractivity contribution >= 4 is 6.21 Å². The van der Waals surface area contributed by atoms with Crippen LogP contribution in [0.1, 0.15) is 115 Å². The Bertz CT molecular complexity index is 761. The van der Waals surface area contributed by atoms with Crippen molar-refractivity contribution in [2.75, 3.05) is 6.61 Å². The first-order valence-corrected chi connectivity index (χ1v) is 13.8. The Hall–Kier alpha value is -1.91. The largest absolute Gasteiger partial charge is 0.477 e. The van der Waals surface area contributed by atoms with Gasteiger partial charge in [-0.15, -0.1) is 5.12 Å². The van der Waals surface area contributed by atoms with E-state index < -0.39 is 5.92 Å². The van der Waals surface area contributed by atoms with Gasteiger partial charge in [-0.3, -0.25) is 0 Å². The predicted molar refractivity (Wildman–Crippen MR) is 137 cm³/mol. The first kappa shape index (κ1) is 26.7. The summed E-state index contributed by atoms with van der Waals surface area (Å²) in [5, 5.41) is 0.102. The van der Waals surface area contributed by atoms with E-state index >= 15 is 8.87 Å². The first-order valence-electron chi connectivity index (χ1n) is 13.8. The molecule has 3 nitrogen and oxygen atoms in total. The fraction of sp³-hybridized carbons (Fsp3) is 0.690. The number of halogens is 2. The molecule has 1 fully saturated rings. The zero-order valence-electron chi connectivity index (χ0n) is 21.1. The third-order valence-corrected chi connectivity index (χ3v) is 7.27. The maximum absolute atomic E-state index is 15.7. The minimum absolute atomic E-state index is 0.00178.